The van der Waals surface area contributed by atoms with Crippen molar-refractivity contribution in [2.24, 2.45) is 5.92 Å². The maximum atomic E-state index is 14.3. The van der Waals surface area contributed by atoms with Crippen LogP contribution in [0.4, 0.5) is 9.59 Å². The summed E-state index contributed by atoms with van der Waals surface area (Å²) in [6.45, 7) is 3.33. The van der Waals surface area contributed by atoms with E-state index < -0.39 is 24.3 Å². The van der Waals surface area contributed by atoms with Gasteiger partial charge >= 0.3 is 12.2 Å². The number of benzene rings is 4. The molecule has 4 N–H and O–H groups in total. The van der Waals surface area contributed by atoms with E-state index in [9.17, 15) is 19.2 Å². The van der Waals surface area contributed by atoms with E-state index in [1.54, 1.807) is 0 Å². The smallest absolute Gasteiger partial charge is 0.408 e. The summed E-state index contributed by atoms with van der Waals surface area (Å²) in [5.41, 5.74) is 6.52. The number of H-pyrrole nitrogens is 2. The van der Waals surface area contributed by atoms with Crippen LogP contribution in [0.2, 0.25) is 0 Å². The van der Waals surface area contributed by atoms with Gasteiger partial charge in [-0.15, -0.1) is 0 Å². The molecular formula is C53H58N8O8. The van der Waals surface area contributed by atoms with E-state index in [1.165, 1.54) is 7.11 Å². The molecule has 4 aliphatic rings. The number of rotatable bonds is 12. The molecule has 2 aromatic heterocycles. The maximum Gasteiger partial charge on any atom is 0.408 e. The summed E-state index contributed by atoms with van der Waals surface area (Å²) < 4.78 is 21.5. The molecule has 6 heterocycles. The second-order valence-electron chi connectivity index (χ2n) is 18.4. The third-order valence-electron chi connectivity index (χ3n) is 14.1. The minimum Gasteiger partial charge on any atom is -0.453 e. The van der Waals surface area contributed by atoms with Gasteiger partial charge in [0.2, 0.25) is 5.91 Å². The molecule has 16 nitrogen and oxygen atoms in total. The van der Waals surface area contributed by atoms with Crippen molar-refractivity contribution in [2.45, 2.75) is 81.6 Å². The summed E-state index contributed by atoms with van der Waals surface area (Å²) in [6, 6.07) is 28.4. The van der Waals surface area contributed by atoms with E-state index in [-0.39, 0.29) is 35.9 Å². The molecule has 0 aliphatic carbocycles. The first-order valence-electron chi connectivity index (χ1n) is 24.2. The van der Waals surface area contributed by atoms with Crippen LogP contribution in [0.25, 0.3) is 44.4 Å². The molecule has 4 amide bonds. The van der Waals surface area contributed by atoms with Crippen LogP contribution in [0.1, 0.15) is 86.7 Å². The van der Waals surface area contributed by atoms with Crippen molar-refractivity contribution in [3.05, 3.63) is 121 Å². The molecule has 0 bridgehead atoms. The first kappa shape index (κ1) is 45.7. The number of methoxy groups -OCH3 is 1. The molecule has 69 heavy (non-hydrogen) atoms. The lowest BCUT2D eigenvalue weighted by Crippen LogP contribution is -2.53. The Balaban J connectivity index is 0.797. The Morgan fingerprint density at radius 1 is 0.623 bits per heavy atom. The largest absolute Gasteiger partial charge is 0.453 e. The van der Waals surface area contributed by atoms with E-state index in [1.807, 2.05) is 52.5 Å². The van der Waals surface area contributed by atoms with Crippen LogP contribution < -0.4 is 10.6 Å². The number of fused-ring (bicyclic) bond motifs is 1. The standard InChI is InChI=1S/C53H58N8O8/c1-66-52(64)58-47(36-19-25-67-26-20-36)51(63)61-24-6-10-45(61)49-55-32-43(57-49)40-18-17-38-29-37(15-16-39(38)30-40)33-11-13-34(14-12-33)42-31-54-48(56-42)44-9-5-23-60(44)50(62)46(35-7-3-2-4-8-35)59-53(65)69-41-21-27-68-28-22-41/h2-4,7-8,11-18,29-32,36,41,44-47H,5-6,9-10,19-28H2,1H3,(H,54,56)(H,55,57)(H,58,64)(H,59,65). The van der Waals surface area contributed by atoms with Crippen molar-refractivity contribution >= 4 is 34.8 Å². The molecule has 16 heteroatoms. The maximum absolute atomic E-state index is 14.3. The number of hydrogen-bond acceptors (Lipinski definition) is 10. The Bertz CT molecular complexity index is 2760. The van der Waals surface area contributed by atoms with Crippen LogP contribution in [0.5, 0.6) is 0 Å². The van der Waals surface area contributed by atoms with Gasteiger partial charge in [0.1, 0.15) is 29.8 Å². The van der Waals surface area contributed by atoms with Crippen LogP contribution in [0, 0.1) is 5.92 Å². The average Bonchev–Trinajstić information content (AvgIpc) is 4.26. The summed E-state index contributed by atoms with van der Waals surface area (Å²) in [7, 11) is 1.31. The zero-order valence-corrected chi connectivity index (χ0v) is 38.7. The van der Waals surface area contributed by atoms with Crippen LogP contribution in [-0.4, -0.2) is 113 Å². The second-order valence-corrected chi connectivity index (χ2v) is 18.4. The molecule has 4 atom stereocenters. The highest BCUT2D eigenvalue weighted by Gasteiger charge is 2.41. The Kier molecular flexibility index (Phi) is 13.7. The molecule has 0 saturated carbocycles. The number of aromatic amines is 2. The quantitative estimate of drug-likeness (QED) is 0.0926. The number of carbonyl (C=O) groups is 4. The summed E-state index contributed by atoms with van der Waals surface area (Å²) in [4.78, 5) is 74.0. The fourth-order valence-corrected chi connectivity index (χ4v) is 10.4. The van der Waals surface area contributed by atoms with Crippen molar-refractivity contribution in [1.82, 2.24) is 40.4 Å². The number of imidazole rings is 2. The lowest BCUT2D eigenvalue weighted by Gasteiger charge is -2.34. The van der Waals surface area contributed by atoms with Crippen molar-refractivity contribution in [2.75, 3.05) is 46.6 Å². The summed E-state index contributed by atoms with van der Waals surface area (Å²) >= 11 is 0. The molecule has 4 fully saturated rings. The molecule has 6 aromatic rings. The highest BCUT2D eigenvalue weighted by atomic mass is 16.6. The highest BCUT2D eigenvalue weighted by molar-refractivity contribution is 5.91. The monoisotopic (exact) mass is 934 g/mol. The number of aromatic nitrogens is 4. The fourth-order valence-electron chi connectivity index (χ4n) is 10.4. The van der Waals surface area contributed by atoms with E-state index in [2.05, 4.69) is 81.3 Å². The molecule has 0 spiro atoms. The predicted octanol–water partition coefficient (Wildman–Crippen LogP) is 8.41. The number of amides is 4. The van der Waals surface area contributed by atoms with Gasteiger partial charge in [-0.05, 0) is 89.6 Å². The number of nitrogens with zero attached hydrogens (tertiary/aromatic N) is 4. The number of likely N-dealkylation sites (tertiary alicyclic amines) is 2. The van der Waals surface area contributed by atoms with Crippen LogP contribution in [-0.2, 0) is 28.5 Å². The zero-order chi connectivity index (χ0) is 47.3. The van der Waals surface area contributed by atoms with Crippen LogP contribution >= 0.6 is 0 Å². The molecule has 4 saturated heterocycles. The van der Waals surface area contributed by atoms with E-state index >= 15 is 0 Å². The van der Waals surface area contributed by atoms with Gasteiger partial charge in [0.15, 0.2) is 0 Å². The molecule has 0 radical (unpaired) electrons. The van der Waals surface area contributed by atoms with Gasteiger partial charge in [0, 0.05) is 44.7 Å². The number of hydrogen-bond donors (Lipinski definition) is 4. The SMILES string of the molecule is COC(=O)NC(C(=O)N1CCCC1c1ncc(-c2ccc3cc(-c4ccc(-c5cnc(C6CCCN6C(=O)C(NC(=O)OC6CCOCC6)c6ccccc6)[nH]5)cc4)ccc3c2)[nH]1)C1CCOCC1. The van der Waals surface area contributed by atoms with Gasteiger partial charge in [-0.25, -0.2) is 19.6 Å². The van der Waals surface area contributed by atoms with Gasteiger partial charge in [0.05, 0.1) is 56.2 Å². The molecule has 358 valence electrons. The van der Waals surface area contributed by atoms with Crippen molar-refractivity contribution < 1.29 is 38.1 Å². The zero-order valence-electron chi connectivity index (χ0n) is 38.7. The highest BCUT2D eigenvalue weighted by Crippen LogP contribution is 2.37. The van der Waals surface area contributed by atoms with Gasteiger partial charge in [0.25, 0.3) is 5.91 Å². The minimum absolute atomic E-state index is 0.0325. The van der Waals surface area contributed by atoms with Crippen LogP contribution in [0.3, 0.4) is 0 Å². The lowest BCUT2D eigenvalue weighted by molar-refractivity contribution is -0.137. The number of nitrogens with one attached hydrogen (secondary N) is 4. The normalized spacial score (nSPS) is 19.8. The average molecular weight is 935 g/mol. The van der Waals surface area contributed by atoms with Crippen LogP contribution in [0.15, 0.2) is 103 Å². The molecule has 4 unspecified atom stereocenters. The Labute approximate surface area is 400 Å². The third kappa shape index (κ3) is 10.1. The molecule has 4 aromatic carbocycles. The summed E-state index contributed by atoms with van der Waals surface area (Å²) in [5, 5.41) is 7.88. The number of alkyl carbamates (subject to hydrolysis) is 2. The first-order chi connectivity index (χ1) is 33.8. The van der Waals surface area contributed by atoms with E-state index in [0.29, 0.717) is 76.6 Å². The number of ether oxygens (including phenoxy) is 4. The lowest BCUT2D eigenvalue weighted by atomic mass is 9.90. The molecule has 4 aliphatic heterocycles. The Hall–Kier alpha value is -7.04. The minimum atomic E-state index is -0.905. The summed E-state index contributed by atoms with van der Waals surface area (Å²) in [6.07, 6.45) is 7.99. The molecule has 10 rings (SSSR count). The van der Waals surface area contributed by atoms with Gasteiger partial charge in [-0.3, -0.25) is 9.59 Å². The molecular weight excluding hydrogens is 877 g/mol. The van der Waals surface area contributed by atoms with Gasteiger partial charge in [-0.2, -0.15) is 0 Å². The Morgan fingerprint density at radius 2 is 1.17 bits per heavy atom. The predicted molar refractivity (Wildman–Crippen MR) is 257 cm³/mol. The Morgan fingerprint density at radius 3 is 1.81 bits per heavy atom. The van der Waals surface area contributed by atoms with Crippen molar-refractivity contribution in [3.8, 4) is 33.6 Å². The second kappa shape index (κ2) is 20.7. The van der Waals surface area contributed by atoms with Gasteiger partial charge in [-0.1, -0.05) is 78.9 Å². The first-order valence-corrected chi connectivity index (χ1v) is 24.2. The van der Waals surface area contributed by atoms with Crippen molar-refractivity contribution in [1.29, 1.82) is 0 Å². The van der Waals surface area contributed by atoms with Gasteiger partial charge < -0.3 is 49.3 Å². The van der Waals surface area contributed by atoms with E-state index in [0.717, 1.165) is 75.9 Å². The third-order valence-corrected chi connectivity index (χ3v) is 14.1. The van der Waals surface area contributed by atoms with E-state index in [4.69, 9.17) is 28.9 Å². The number of carbonyl (C=O) groups excluding carboxylic acids is 4. The summed E-state index contributed by atoms with van der Waals surface area (Å²) in [5.74, 6) is 1.08. The topological polar surface area (TPSA) is 193 Å². The fraction of sp³-hybridized carbons (Fsp3) is 0.396. The van der Waals surface area contributed by atoms with Crippen molar-refractivity contribution in [3.63, 3.8) is 0 Å².